The number of likely N-dealkylation sites (tertiary alicyclic amines) is 1. The van der Waals surface area contributed by atoms with Crippen molar-refractivity contribution in [2.75, 3.05) is 19.7 Å². The van der Waals surface area contributed by atoms with E-state index in [1.54, 1.807) is 5.38 Å². The first-order valence-corrected chi connectivity index (χ1v) is 9.08. The highest BCUT2D eigenvalue weighted by Crippen LogP contribution is 2.34. The van der Waals surface area contributed by atoms with Crippen molar-refractivity contribution < 1.29 is 23.1 Å². The molecular formula is C18H16F2N2O3S. The summed E-state index contributed by atoms with van der Waals surface area (Å²) in [5, 5.41) is 12.3. The van der Waals surface area contributed by atoms with Crippen LogP contribution in [0.15, 0.2) is 40.1 Å². The van der Waals surface area contributed by atoms with Gasteiger partial charge >= 0.3 is 0 Å². The van der Waals surface area contributed by atoms with Crippen molar-refractivity contribution in [2.24, 2.45) is 5.92 Å². The smallest absolute Gasteiger partial charge is 0.273 e. The number of alkyl halides is 2. The molecule has 1 N–H and O–H groups in total. The minimum atomic E-state index is -2.95. The number of furan rings is 1. The number of carbonyl (C=O) groups excluding carboxylic acids is 1. The van der Waals surface area contributed by atoms with Crippen molar-refractivity contribution in [3.8, 4) is 10.8 Å². The summed E-state index contributed by atoms with van der Waals surface area (Å²) in [6, 6.07) is 9.40. The van der Waals surface area contributed by atoms with E-state index in [9.17, 15) is 18.7 Å². The number of aliphatic hydroxyl groups is 1. The van der Waals surface area contributed by atoms with E-state index < -0.39 is 30.8 Å². The van der Waals surface area contributed by atoms with Crippen LogP contribution in [0.2, 0.25) is 0 Å². The van der Waals surface area contributed by atoms with Gasteiger partial charge in [0.15, 0.2) is 10.8 Å². The number of aliphatic hydroxyl groups excluding tert-OH is 1. The third-order valence-electron chi connectivity index (χ3n) is 4.62. The quantitative estimate of drug-likeness (QED) is 0.756. The molecule has 3 heterocycles. The summed E-state index contributed by atoms with van der Waals surface area (Å²) in [7, 11) is 0. The zero-order chi connectivity index (χ0) is 18.3. The zero-order valence-electron chi connectivity index (χ0n) is 13.7. The lowest BCUT2D eigenvalue weighted by Crippen LogP contribution is -2.50. The summed E-state index contributed by atoms with van der Waals surface area (Å²) >= 11 is 1.27. The van der Waals surface area contributed by atoms with E-state index in [1.807, 2.05) is 30.3 Å². The molecule has 0 bridgehead atoms. The molecule has 1 aliphatic heterocycles. The van der Waals surface area contributed by atoms with Crippen molar-refractivity contribution in [2.45, 2.75) is 12.3 Å². The summed E-state index contributed by atoms with van der Waals surface area (Å²) in [5.74, 6) is -4.03. The molecule has 1 fully saturated rings. The number of hydrogen-bond donors (Lipinski definition) is 1. The fraction of sp³-hybridized carbons (Fsp3) is 0.333. The molecule has 0 spiro atoms. The number of piperidine rings is 1. The Morgan fingerprint density at radius 2 is 2.23 bits per heavy atom. The first kappa shape index (κ1) is 17.1. The van der Waals surface area contributed by atoms with Crippen LogP contribution in [0, 0.1) is 5.92 Å². The molecule has 1 amide bonds. The van der Waals surface area contributed by atoms with Gasteiger partial charge in [0, 0.05) is 30.3 Å². The maximum Gasteiger partial charge on any atom is 0.273 e. The molecule has 0 saturated carbocycles. The molecule has 4 rings (SSSR count). The van der Waals surface area contributed by atoms with Crippen LogP contribution in [0.1, 0.15) is 16.9 Å². The molecule has 1 aromatic carbocycles. The van der Waals surface area contributed by atoms with Crippen LogP contribution in [0.4, 0.5) is 8.78 Å². The molecule has 26 heavy (non-hydrogen) atoms. The number of hydrogen-bond acceptors (Lipinski definition) is 5. The van der Waals surface area contributed by atoms with Gasteiger partial charge < -0.3 is 14.4 Å². The molecule has 1 saturated heterocycles. The van der Waals surface area contributed by atoms with Crippen LogP contribution in [-0.2, 0) is 0 Å². The van der Waals surface area contributed by atoms with E-state index in [0.29, 0.717) is 10.8 Å². The molecule has 3 aromatic rings. The highest BCUT2D eigenvalue weighted by atomic mass is 32.1. The minimum absolute atomic E-state index is 0.0557. The number of para-hydroxylation sites is 1. The summed E-state index contributed by atoms with van der Waals surface area (Å²) < 4.78 is 33.2. The summed E-state index contributed by atoms with van der Waals surface area (Å²) in [6.45, 7) is -0.891. The van der Waals surface area contributed by atoms with Crippen LogP contribution in [0.5, 0.6) is 0 Å². The summed E-state index contributed by atoms with van der Waals surface area (Å²) in [5.41, 5.74) is 0.932. The van der Waals surface area contributed by atoms with E-state index in [4.69, 9.17) is 4.42 Å². The zero-order valence-corrected chi connectivity index (χ0v) is 14.5. The Hall–Kier alpha value is -2.32. The van der Waals surface area contributed by atoms with Gasteiger partial charge in [-0.3, -0.25) is 4.79 Å². The van der Waals surface area contributed by atoms with Crippen LogP contribution in [-0.4, -0.2) is 46.5 Å². The number of thiazole rings is 1. The van der Waals surface area contributed by atoms with Crippen LogP contribution in [0.3, 0.4) is 0 Å². The minimum Gasteiger partial charge on any atom is -0.454 e. The highest BCUT2D eigenvalue weighted by molar-refractivity contribution is 7.13. The third-order valence-corrected chi connectivity index (χ3v) is 5.48. The largest absolute Gasteiger partial charge is 0.454 e. The molecule has 5 nitrogen and oxygen atoms in total. The molecule has 2 aromatic heterocycles. The van der Waals surface area contributed by atoms with Gasteiger partial charge in [-0.15, -0.1) is 11.3 Å². The molecule has 8 heteroatoms. The van der Waals surface area contributed by atoms with Crippen molar-refractivity contribution >= 4 is 28.2 Å². The Kier molecular flexibility index (Phi) is 4.24. The van der Waals surface area contributed by atoms with E-state index >= 15 is 0 Å². The third kappa shape index (κ3) is 2.99. The lowest BCUT2D eigenvalue weighted by Gasteiger charge is -2.37. The molecule has 0 radical (unpaired) electrons. The summed E-state index contributed by atoms with van der Waals surface area (Å²) in [4.78, 5) is 18.3. The molecule has 1 atom stereocenters. The number of aromatic nitrogens is 1. The number of nitrogens with zero attached hydrogens (tertiary/aromatic N) is 2. The van der Waals surface area contributed by atoms with E-state index in [0.717, 1.165) is 11.0 Å². The van der Waals surface area contributed by atoms with E-state index in [-0.39, 0.29) is 18.8 Å². The number of rotatable bonds is 3. The van der Waals surface area contributed by atoms with Crippen molar-refractivity contribution in [3.63, 3.8) is 0 Å². The van der Waals surface area contributed by atoms with Gasteiger partial charge in [-0.1, -0.05) is 18.2 Å². The van der Waals surface area contributed by atoms with Gasteiger partial charge in [0.25, 0.3) is 11.8 Å². The topological polar surface area (TPSA) is 66.6 Å². The molecular weight excluding hydrogens is 362 g/mol. The second-order valence-electron chi connectivity index (χ2n) is 6.33. The lowest BCUT2D eigenvalue weighted by molar-refractivity contribution is -0.113. The van der Waals surface area contributed by atoms with Gasteiger partial charge in [-0.25, -0.2) is 13.8 Å². The van der Waals surface area contributed by atoms with Crippen molar-refractivity contribution in [3.05, 3.63) is 41.4 Å². The van der Waals surface area contributed by atoms with Gasteiger partial charge in [0.05, 0.1) is 12.5 Å². The Morgan fingerprint density at radius 1 is 1.42 bits per heavy atom. The van der Waals surface area contributed by atoms with Crippen molar-refractivity contribution in [1.82, 2.24) is 9.88 Å². The Bertz CT molecular complexity index is 920. The average Bonchev–Trinajstić information content (AvgIpc) is 3.27. The van der Waals surface area contributed by atoms with Crippen LogP contribution >= 0.6 is 11.3 Å². The lowest BCUT2D eigenvalue weighted by atomic mass is 9.94. The molecule has 1 aliphatic rings. The predicted octanol–water partition coefficient (Wildman–Crippen LogP) is 3.65. The van der Waals surface area contributed by atoms with E-state index in [2.05, 4.69) is 4.98 Å². The average molecular weight is 378 g/mol. The fourth-order valence-corrected chi connectivity index (χ4v) is 3.83. The fourth-order valence-electron chi connectivity index (χ4n) is 3.09. The van der Waals surface area contributed by atoms with Gasteiger partial charge in [0.1, 0.15) is 11.3 Å². The predicted molar refractivity (Wildman–Crippen MR) is 93.4 cm³/mol. The SMILES string of the molecule is O=C(c1csc(-c2cc3ccccc3o2)n1)N1CCC(F)(F)C(CO)C1. The number of benzene rings is 1. The van der Waals surface area contributed by atoms with Crippen LogP contribution in [0.25, 0.3) is 21.7 Å². The van der Waals surface area contributed by atoms with Crippen molar-refractivity contribution in [1.29, 1.82) is 0 Å². The second-order valence-corrected chi connectivity index (χ2v) is 7.19. The molecule has 0 aliphatic carbocycles. The maximum absolute atomic E-state index is 13.7. The normalized spacial score (nSPS) is 19.8. The highest BCUT2D eigenvalue weighted by Gasteiger charge is 2.45. The second kappa shape index (κ2) is 6.44. The van der Waals surface area contributed by atoms with Crippen LogP contribution < -0.4 is 0 Å². The van der Waals surface area contributed by atoms with Gasteiger partial charge in [-0.2, -0.15) is 0 Å². The number of carbonyl (C=O) groups is 1. The van der Waals surface area contributed by atoms with Gasteiger partial charge in [-0.05, 0) is 12.1 Å². The molecule has 136 valence electrons. The standard InChI is InChI=1S/C18H16F2N2O3S/c19-18(20)5-6-22(8-12(18)9-23)17(24)13-10-26-16(21-13)15-7-11-3-1-2-4-14(11)25-15/h1-4,7,10,12,23H,5-6,8-9H2. The Labute approximate surface area is 151 Å². The summed E-state index contributed by atoms with van der Waals surface area (Å²) in [6.07, 6.45) is -0.454. The number of halogens is 2. The first-order chi connectivity index (χ1) is 12.5. The number of amides is 1. The Balaban J connectivity index is 1.55. The number of fused-ring (bicyclic) bond motifs is 1. The molecule has 1 unspecified atom stereocenters. The monoisotopic (exact) mass is 378 g/mol. The van der Waals surface area contributed by atoms with E-state index in [1.165, 1.54) is 16.2 Å². The maximum atomic E-state index is 13.7. The first-order valence-electron chi connectivity index (χ1n) is 8.20. The Morgan fingerprint density at radius 3 is 3.00 bits per heavy atom. The van der Waals surface area contributed by atoms with Gasteiger partial charge in [0.2, 0.25) is 0 Å².